The zero-order chi connectivity index (χ0) is 15.6. The molecule has 8 heteroatoms. The highest BCUT2D eigenvalue weighted by Crippen LogP contribution is 2.38. The highest BCUT2D eigenvalue weighted by Gasteiger charge is 2.28. The Kier molecular flexibility index (Phi) is 4.63. The molecule has 0 aromatic heterocycles. The second-order valence-electron chi connectivity index (χ2n) is 4.67. The van der Waals surface area contributed by atoms with Crippen molar-refractivity contribution >= 4 is 27.3 Å². The topological polar surface area (TPSA) is 81.7 Å². The molecule has 1 amide bonds. The Labute approximate surface area is 128 Å². The molecule has 21 heavy (non-hydrogen) atoms. The maximum absolute atomic E-state index is 12.2. The van der Waals surface area contributed by atoms with Crippen LogP contribution >= 0.6 is 11.6 Å². The zero-order valence-corrected chi connectivity index (χ0v) is 13.3. The molecular formula is C13H16ClNO5S. The molecule has 1 aromatic rings. The summed E-state index contributed by atoms with van der Waals surface area (Å²) in [7, 11) is -2.24. The van der Waals surface area contributed by atoms with Crippen molar-refractivity contribution in [3.8, 4) is 11.5 Å². The van der Waals surface area contributed by atoms with Crippen molar-refractivity contribution in [3.05, 3.63) is 22.7 Å². The number of ether oxygens (including phenoxy) is 2. The number of carbonyl (C=O) groups is 1. The number of hydrogen-bond donors (Lipinski definition) is 1. The van der Waals surface area contributed by atoms with Crippen LogP contribution in [0.3, 0.4) is 0 Å². The fourth-order valence-electron chi connectivity index (χ4n) is 1.97. The second-order valence-corrected chi connectivity index (χ2v) is 7.39. The Bertz CT molecular complexity index is 659. The van der Waals surface area contributed by atoms with Crippen molar-refractivity contribution in [2.24, 2.45) is 0 Å². The summed E-state index contributed by atoms with van der Waals surface area (Å²) in [5.41, 5.74) is 0.458. The number of amides is 1. The molecule has 0 aliphatic carbocycles. The summed E-state index contributed by atoms with van der Waals surface area (Å²) < 4.78 is 35.2. The van der Waals surface area contributed by atoms with Gasteiger partial charge >= 0.3 is 0 Å². The molecule has 0 unspecified atom stereocenters. The van der Waals surface area contributed by atoms with Gasteiger partial charge in [0.2, 0.25) is 5.91 Å². The summed E-state index contributed by atoms with van der Waals surface area (Å²) in [5.74, 6) is 0.00593. The summed E-state index contributed by atoms with van der Waals surface area (Å²) in [5, 5.41) is 1.50. The quantitative estimate of drug-likeness (QED) is 0.894. The van der Waals surface area contributed by atoms with Crippen LogP contribution < -0.4 is 14.8 Å². The van der Waals surface area contributed by atoms with Crippen molar-refractivity contribution in [2.45, 2.75) is 17.9 Å². The Hall–Kier alpha value is -1.47. The Morgan fingerprint density at radius 1 is 1.38 bits per heavy atom. The Morgan fingerprint density at radius 3 is 2.71 bits per heavy atom. The van der Waals surface area contributed by atoms with E-state index >= 15 is 0 Å². The minimum Gasteiger partial charge on any atom is -0.486 e. The van der Waals surface area contributed by atoms with E-state index in [4.69, 9.17) is 21.1 Å². The van der Waals surface area contributed by atoms with E-state index in [2.05, 4.69) is 5.32 Å². The number of rotatable bonds is 4. The number of hydrogen-bond acceptors (Lipinski definition) is 5. The molecule has 0 spiro atoms. The van der Waals surface area contributed by atoms with Crippen molar-refractivity contribution in [2.75, 3.05) is 20.3 Å². The van der Waals surface area contributed by atoms with Gasteiger partial charge in [-0.05, 0) is 24.6 Å². The third kappa shape index (κ3) is 3.41. The maximum Gasteiger partial charge on any atom is 0.237 e. The molecule has 0 bridgehead atoms. The molecule has 1 aromatic carbocycles. The predicted octanol–water partition coefficient (Wildman–Crippen LogP) is 1.16. The molecule has 1 aliphatic heterocycles. The average Bonchev–Trinajstić information content (AvgIpc) is 2.45. The number of halogens is 1. The predicted molar refractivity (Wildman–Crippen MR) is 78.6 cm³/mol. The molecular weight excluding hydrogens is 318 g/mol. The average molecular weight is 334 g/mol. The fraction of sp³-hybridized carbons (Fsp3) is 0.462. The van der Waals surface area contributed by atoms with E-state index in [9.17, 15) is 13.2 Å². The SMILES string of the molecule is CNC(=O)[C@@H](C)S(=O)(=O)Cc1cc(Cl)c2c(c1)OCCO2. The van der Waals surface area contributed by atoms with Crippen LogP contribution in [-0.2, 0) is 20.4 Å². The number of benzene rings is 1. The van der Waals surface area contributed by atoms with Gasteiger partial charge in [0.05, 0.1) is 10.8 Å². The highest BCUT2D eigenvalue weighted by atomic mass is 35.5. The molecule has 0 saturated heterocycles. The molecule has 0 fully saturated rings. The lowest BCUT2D eigenvalue weighted by molar-refractivity contribution is -0.119. The molecule has 0 radical (unpaired) electrons. The lowest BCUT2D eigenvalue weighted by Gasteiger charge is -2.20. The van der Waals surface area contributed by atoms with Crippen LogP contribution in [-0.4, -0.2) is 39.8 Å². The first-order valence-corrected chi connectivity index (χ1v) is 8.45. The molecule has 0 saturated carbocycles. The first-order chi connectivity index (χ1) is 9.85. The van der Waals surface area contributed by atoms with Gasteiger partial charge in [0.1, 0.15) is 18.5 Å². The number of carbonyl (C=O) groups excluding carboxylic acids is 1. The van der Waals surface area contributed by atoms with E-state index in [1.54, 1.807) is 6.07 Å². The minimum atomic E-state index is -3.64. The summed E-state index contributed by atoms with van der Waals surface area (Å²) >= 11 is 6.07. The number of nitrogens with one attached hydrogen (secondary N) is 1. The van der Waals surface area contributed by atoms with E-state index in [1.807, 2.05) is 0 Å². The zero-order valence-electron chi connectivity index (χ0n) is 11.7. The minimum absolute atomic E-state index is 0.294. The molecule has 2 rings (SSSR count). The second kappa shape index (κ2) is 6.11. The van der Waals surface area contributed by atoms with Gasteiger partial charge < -0.3 is 14.8 Å². The van der Waals surface area contributed by atoms with Gasteiger partial charge in [-0.3, -0.25) is 4.79 Å². The van der Waals surface area contributed by atoms with Crippen molar-refractivity contribution in [1.29, 1.82) is 0 Å². The van der Waals surface area contributed by atoms with E-state index in [0.717, 1.165) is 0 Å². The monoisotopic (exact) mass is 333 g/mol. The Balaban J connectivity index is 2.27. The summed E-state index contributed by atoms with van der Waals surface area (Å²) in [6, 6.07) is 3.09. The van der Waals surface area contributed by atoms with Gasteiger partial charge in [0, 0.05) is 7.05 Å². The fourth-order valence-corrected chi connectivity index (χ4v) is 3.58. The van der Waals surface area contributed by atoms with Crippen LogP contribution in [0.2, 0.25) is 5.02 Å². The van der Waals surface area contributed by atoms with Crippen molar-refractivity contribution < 1.29 is 22.7 Å². The first kappa shape index (κ1) is 15.9. The van der Waals surface area contributed by atoms with Crippen LogP contribution in [0.5, 0.6) is 11.5 Å². The summed E-state index contributed by atoms with van der Waals surface area (Å²) in [6.07, 6.45) is 0. The van der Waals surface area contributed by atoms with Crippen molar-refractivity contribution in [3.63, 3.8) is 0 Å². The van der Waals surface area contributed by atoms with Gasteiger partial charge in [0.25, 0.3) is 0 Å². The van der Waals surface area contributed by atoms with Crippen LogP contribution in [0, 0.1) is 0 Å². The highest BCUT2D eigenvalue weighted by molar-refractivity contribution is 7.92. The standard InChI is InChI=1S/C13H16ClNO5S/c1-8(13(16)15-2)21(17,18)7-9-5-10(14)12-11(6-9)19-3-4-20-12/h5-6,8H,3-4,7H2,1-2H3,(H,15,16)/t8-/m1/s1. The van der Waals surface area contributed by atoms with Gasteiger partial charge in [-0.1, -0.05) is 11.6 Å². The smallest absolute Gasteiger partial charge is 0.237 e. The van der Waals surface area contributed by atoms with Gasteiger partial charge in [-0.25, -0.2) is 8.42 Å². The largest absolute Gasteiger partial charge is 0.486 e. The van der Waals surface area contributed by atoms with E-state index in [1.165, 1.54) is 20.0 Å². The van der Waals surface area contributed by atoms with Crippen LogP contribution in [0.25, 0.3) is 0 Å². The lowest BCUT2D eigenvalue weighted by Crippen LogP contribution is -2.36. The van der Waals surface area contributed by atoms with Gasteiger partial charge in [-0.2, -0.15) is 0 Å². The van der Waals surface area contributed by atoms with E-state index in [-0.39, 0.29) is 5.75 Å². The summed E-state index contributed by atoms with van der Waals surface area (Å²) in [4.78, 5) is 11.5. The molecule has 116 valence electrons. The Morgan fingerprint density at radius 2 is 2.05 bits per heavy atom. The van der Waals surface area contributed by atoms with Crippen LogP contribution in [0.4, 0.5) is 0 Å². The van der Waals surface area contributed by atoms with Gasteiger partial charge in [-0.15, -0.1) is 0 Å². The third-order valence-corrected chi connectivity index (χ3v) is 5.49. The first-order valence-electron chi connectivity index (χ1n) is 6.36. The van der Waals surface area contributed by atoms with Crippen LogP contribution in [0.15, 0.2) is 12.1 Å². The normalized spacial score (nSPS) is 15.4. The summed E-state index contributed by atoms with van der Waals surface area (Å²) in [6.45, 7) is 2.14. The maximum atomic E-state index is 12.2. The lowest BCUT2D eigenvalue weighted by atomic mass is 10.2. The molecule has 1 heterocycles. The molecule has 1 aliphatic rings. The third-order valence-electron chi connectivity index (χ3n) is 3.18. The van der Waals surface area contributed by atoms with Crippen LogP contribution in [0.1, 0.15) is 12.5 Å². The van der Waals surface area contributed by atoms with E-state index < -0.39 is 21.0 Å². The molecule has 1 atom stereocenters. The number of sulfone groups is 1. The molecule has 1 N–H and O–H groups in total. The van der Waals surface area contributed by atoms with Gasteiger partial charge in [0.15, 0.2) is 21.3 Å². The van der Waals surface area contributed by atoms with Crippen molar-refractivity contribution in [1.82, 2.24) is 5.32 Å². The van der Waals surface area contributed by atoms with E-state index in [0.29, 0.717) is 35.3 Å². The molecule has 6 nitrogen and oxygen atoms in total. The number of fused-ring (bicyclic) bond motifs is 1.